The monoisotopic (exact) mass is 552 g/mol. The molecule has 0 aromatic heterocycles. The molecule has 0 aliphatic heterocycles. The van der Waals surface area contributed by atoms with E-state index in [-0.39, 0.29) is 18.9 Å². The number of hydrogen-bond acceptors (Lipinski definition) is 6. The molecule has 0 saturated heterocycles. The molecule has 2 aromatic carbocycles. The molecule has 3 rings (SSSR count). The summed E-state index contributed by atoms with van der Waals surface area (Å²) in [6, 6.07) is 10.2. The molecule has 0 radical (unpaired) electrons. The highest BCUT2D eigenvalue weighted by atomic mass is 16.6. The second-order valence-electron chi connectivity index (χ2n) is 11.1. The molecule has 0 heterocycles. The molecule has 10 heteroatoms. The van der Waals surface area contributed by atoms with Gasteiger partial charge in [0.1, 0.15) is 23.4 Å². The Labute approximate surface area is 235 Å². The number of hydrogen-bond donors (Lipinski definition) is 3. The van der Waals surface area contributed by atoms with E-state index in [9.17, 15) is 19.2 Å². The van der Waals surface area contributed by atoms with Crippen LogP contribution in [0.4, 0.5) is 10.5 Å². The quantitative estimate of drug-likeness (QED) is 0.383. The van der Waals surface area contributed by atoms with Crippen molar-refractivity contribution in [2.45, 2.75) is 84.0 Å². The van der Waals surface area contributed by atoms with Crippen LogP contribution in [0.2, 0.25) is 0 Å². The number of ether oxygens (including phenoxy) is 2. The van der Waals surface area contributed by atoms with Gasteiger partial charge in [-0.15, -0.1) is 0 Å². The van der Waals surface area contributed by atoms with Gasteiger partial charge in [0.05, 0.1) is 7.11 Å². The molecule has 0 spiro atoms. The van der Waals surface area contributed by atoms with Crippen LogP contribution in [0.5, 0.6) is 5.75 Å². The van der Waals surface area contributed by atoms with E-state index >= 15 is 0 Å². The number of carbonyl (C=O) groups excluding carboxylic acids is 4. The minimum absolute atomic E-state index is 0.0315. The average molecular weight is 553 g/mol. The van der Waals surface area contributed by atoms with E-state index in [0.717, 1.165) is 11.1 Å². The molecule has 1 aliphatic rings. The molecule has 216 valence electrons. The van der Waals surface area contributed by atoms with Gasteiger partial charge in [0.2, 0.25) is 11.8 Å². The van der Waals surface area contributed by atoms with Gasteiger partial charge in [-0.25, -0.2) is 4.79 Å². The number of amides is 4. The first-order valence-corrected chi connectivity index (χ1v) is 13.4. The van der Waals surface area contributed by atoms with Crippen LogP contribution in [0.1, 0.15) is 69.2 Å². The predicted molar refractivity (Wildman–Crippen MR) is 152 cm³/mol. The zero-order valence-corrected chi connectivity index (χ0v) is 24.1. The summed E-state index contributed by atoms with van der Waals surface area (Å²) in [4.78, 5) is 54.0. The lowest BCUT2D eigenvalue weighted by Gasteiger charge is -2.35. The zero-order valence-electron chi connectivity index (χ0n) is 24.1. The number of rotatable bonds is 11. The van der Waals surface area contributed by atoms with Crippen molar-refractivity contribution in [2.24, 2.45) is 5.73 Å². The molecular weight excluding hydrogens is 512 g/mol. The minimum Gasteiger partial charge on any atom is -0.497 e. The van der Waals surface area contributed by atoms with Crippen molar-refractivity contribution in [2.75, 3.05) is 12.4 Å². The minimum atomic E-state index is -1.12. The van der Waals surface area contributed by atoms with E-state index in [2.05, 4.69) is 10.6 Å². The molecule has 0 bridgehead atoms. The number of anilines is 1. The highest BCUT2D eigenvalue weighted by Crippen LogP contribution is 2.38. The van der Waals surface area contributed by atoms with Gasteiger partial charge in [-0.05, 0) is 94.8 Å². The van der Waals surface area contributed by atoms with E-state index in [1.54, 1.807) is 57.0 Å². The van der Waals surface area contributed by atoms with Crippen molar-refractivity contribution in [3.8, 4) is 5.75 Å². The highest BCUT2D eigenvalue weighted by Gasteiger charge is 2.44. The van der Waals surface area contributed by atoms with Crippen LogP contribution in [0.3, 0.4) is 0 Å². The summed E-state index contributed by atoms with van der Waals surface area (Å²) >= 11 is 0. The molecule has 4 N–H and O–H groups in total. The number of nitrogens with one attached hydrogen (secondary N) is 2. The number of nitrogens with zero attached hydrogens (tertiary/aromatic N) is 1. The van der Waals surface area contributed by atoms with E-state index in [0.29, 0.717) is 29.8 Å². The predicted octanol–water partition coefficient (Wildman–Crippen LogP) is 4.14. The number of primary amides is 1. The van der Waals surface area contributed by atoms with Crippen LogP contribution in [-0.2, 0) is 19.1 Å². The molecular formula is C30H40N4O6. The molecule has 40 heavy (non-hydrogen) atoms. The van der Waals surface area contributed by atoms with Crippen LogP contribution in [0.25, 0.3) is 0 Å². The maximum Gasteiger partial charge on any atom is 0.408 e. The largest absolute Gasteiger partial charge is 0.497 e. The van der Waals surface area contributed by atoms with Gasteiger partial charge < -0.3 is 30.7 Å². The third-order valence-electron chi connectivity index (χ3n) is 6.69. The van der Waals surface area contributed by atoms with Gasteiger partial charge in [0.25, 0.3) is 5.91 Å². The summed E-state index contributed by atoms with van der Waals surface area (Å²) < 4.78 is 10.6. The summed E-state index contributed by atoms with van der Waals surface area (Å²) in [6.07, 6.45) is 0.459. The molecule has 2 unspecified atom stereocenters. The van der Waals surface area contributed by atoms with Crippen molar-refractivity contribution in [1.29, 1.82) is 0 Å². The number of nitrogens with two attached hydrogens (primary N) is 1. The Kier molecular flexibility index (Phi) is 9.78. The fraction of sp³-hybridized carbons (Fsp3) is 0.467. The van der Waals surface area contributed by atoms with Crippen LogP contribution < -0.4 is 21.1 Å². The molecule has 1 saturated carbocycles. The van der Waals surface area contributed by atoms with Crippen LogP contribution in [-0.4, -0.2) is 53.5 Å². The lowest BCUT2D eigenvalue weighted by molar-refractivity contribution is -0.141. The number of benzene rings is 2. The molecule has 1 aliphatic carbocycles. The maximum absolute atomic E-state index is 14.2. The van der Waals surface area contributed by atoms with Crippen molar-refractivity contribution >= 4 is 29.5 Å². The topological polar surface area (TPSA) is 140 Å². The summed E-state index contributed by atoms with van der Waals surface area (Å²) in [6.45, 7) is 8.99. The lowest BCUT2D eigenvalue weighted by Crippen LogP contribution is -2.53. The maximum atomic E-state index is 14.2. The first kappa shape index (κ1) is 30.5. The van der Waals surface area contributed by atoms with Crippen LogP contribution in [0, 0.1) is 13.8 Å². The second kappa shape index (κ2) is 12.8. The van der Waals surface area contributed by atoms with Crippen LogP contribution >= 0.6 is 0 Å². The highest BCUT2D eigenvalue weighted by molar-refractivity contribution is 5.99. The molecule has 2 aromatic rings. The summed E-state index contributed by atoms with van der Waals surface area (Å²) in [5.74, 6) is -0.843. The van der Waals surface area contributed by atoms with Gasteiger partial charge in [-0.3, -0.25) is 14.4 Å². The van der Waals surface area contributed by atoms with Gasteiger partial charge in [0, 0.05) is 18.2 Å². The van der Waals surface area contributed by atoms with Gasteiger partial charge in [-0.2, -0.15) is 0 Å². The van der Waals surface area contributed by atoms with Crippen molar-refractivity contribution in [3.63, 3.8) is 0 Å². The summed E-state index contributed by atoms with van der Waals surface area (Å²) in [7, 11) is 1.56. The van der Waals surface area contributed by atoms with Crippen molar-refractivity contribution < 1.29 is 28.7 Å². The number of alkyl carbamates (subject to hydrolysis) is 1. The van der Waals surface area contributed by atoms with Crippen molar-refractivity contribution in [1.82, 2.24) is 10.2 Å². The first-order valence-electron chi connectivity index (χ1n) is 13.4. The Bertz CT molecular complexity index is 1230. The van der Waals surface area contributed by atoms with Gasteiger partial charge >= 0.3 is 6.09 Å². The normalized spacial score (nSPS) is 14.4. The Morgan fingerprint density at radius 1 is 1.05 bits per heavy atom. The summed E-state index contributed by atoms with van der Waals surface area (Å²) in [5.41, 5.74) is 7.66. The SMILES string of the molecule is COc1ccc(NC(=O)C(c2cccc(C)c2C)N(C(=O)C(CCC(N)=O)NC(=O)OC(C)(C)C)C2CC2)cc1. The number of aryl methyl sites for hydroxylation is 1. The fourth-order valence-corrected chi connectivity index (χ4v) is 4.42. The molecule has 1 fully saturated rings. The second-order valence-corrected chi connectivity index (χ2v) is 11.1. The number of methoxy groups -OCH3 is 1. The Balaban J connectivity index is 2.02. The smallest absolute Gasteiger partial charge is 0.408 e. The molecule has 2 atom stereocenters. The summed E-state index contributed by atoms with van der Waals surface area (Å²) in [5, 5.41) is 5.56. The molecule has 10 nitrogen and oxygen atoms in total. The average Bonchev–Trinajstić information content (AvgIpc) is 3.71. The van der Waals surface area contributed by atoms with E-state index < -0.39 is 41.5 Å². The standard InChI is InChI=1S/C30H40N4O6/c1-18-8-7-9-23(19(18)2)26(27(36)32-20-10-14-22(39-6)15-11-20)34(21-12-13-21)28(37)24(16-17-25(31)35)33-29(38)40-30(3,4)5/h7-11,14-15,21,24,26H,12-13,16-17H2,1-6H3,(H2,31,35)(H,32,36)(H,33,38). The van der Waals surface area contributed by atoms with E-state index in [4.69, 9.17) is 15.2 Å². The Morgan fingerprint density at radius 2 is 1.70 bits per heavy atom. The Hall–Kier alpha value is -4.08. The van der Waals surface area contributed by atoms with E-state index in [1.807, 2.05) is 32.0 Å². The zero-order chi connectivity index (χ0) is 29.6. The fourth-order valence-electron chi connectivity index (χ4n) is 4.42. The van der Waals surface area contributed by atoms with E-state index in [1.165, 1.54) is 0 Å². The Morgan fingerprint density at radius 3 is 2.25 bits per heavy atom. The van der Waals surface area contributed by atoms with Gasteiger partial charge in [0.15, 0.2) is 0 Å². The number of carbonyl (C=O) groups is 4. The molecule has 4 amide bonds. The third kappa shape index (κ3) is 8.21. The third-order valence-corrected chi connectivity index (χ3v) is 6.69. The lowest BCUT2D eigenvalue weighted by atomic mass is 9.94. The van der Waals surface area contributed by atoms with Crippen molar-refractivity contribution in [3.05, 3.63) is 59.2 Å². The van der Waals surface area contributed by atoms with Crippen LogP contribution in [0.15, 0.2) is 42.5 Å². The van der Waals surface area contributed by atoms with Gasteiger partial charge in [-0.1, -0.05) is 18.2 Å². The first-order chi connectivity index (χ1) is 18.8.